The highest BCUT2D eigenvalue weighted by atomic mass is 127. The average Bonchev–Trinajstić information content (AvgIpc) is 3.06. The summed E-state index contributed by atoms with van der Waals surface area (Å²) in [6.45, 7) is 11.4. The van der Waals surface area contributed by atoms with Gasteiger partial charge in [0.1, 0.15) is 17.8 Å². The molecule has 158 valence electrons. The number of guanidine groups is 1. The lowest BCUT2D eigenvalue weighted by atomic mass is 9.99. The Morgan fingerprint density at radius 3 is 2.54 bits per heavy atom. The molecule has 9 nitrogen and oxygen atoms in total. The molecule has 1 unspecified atom stereocenters. The standard InChI is InChI=1S/C18H30N6O3.HI/c1-6-18(5)15(25)24(17(26)23-18)10-8-9-20-16(19-7-2)21-11-14-22-12(3)13(4)27-14;/h6-11H2,1-5H3,(H,23,26)(H2,19,20,21);1H. The van der Waals surface area contributed by atoms with E-state index in [0.717, 1.165) is 18.0 Å². The second kappa shape index (κ2) is 10.6. The molecule has 1 aromatic heterocycles. The number of aryl methyl sites for hydroxylation is 2. The summed E-state index contributed by atoms with van der Waals surface area (Å²) in [6, 6.07) is -0.320. The second-order valence-corrected chi connectivity index (χ2v) is 6.80. The van der Waals surface area contributed by atoms with Crippen LogP contribution in [0.2, 0.25) is 0 Å². The zero-order chi connectivity index (χ0) is 20.0. The van der Waals surface area contributed by atoms with Crippen LogP contribution in [0.3, 0.4) is 0 Å². The van der Waals surface area contributed by atoms with Crippen LogP contribution in [0.5, 0.6) is 0 Å². The first-order valence-electron chi connectivity index (χ1n) is 9.40. The van der Waals surface area contributed by atoms with E-state index in [1.807, 2.05) is 27.7 Å². The van der Waals surface area contributed by atoms with Crippen LogP contribution in [0.1, 0.15) is 51.0 Å². The van der Waals surface area contributed by atoms with Gasteiger partial charge in [0, 0.05) is 19.6 Å². The molecule has 3 amide bonds. The van der Waals surface area contributed by atoms with Crippen molar-refractivity contribution >= 4 is 41.9 Å². The highest BCUT2D eigenvalue weighted by Crippen LogP contribution is 2.20. The number of imide groups is 1. The van der Waals surface area contributed by atoms with Gasteiger partial charge in [-0.1, -0.05) is 6.92 Å². The van der Waals surface area contributed by atoms with Gasteiger partial charge in [0.2, 0.25) is 5.89 Å². The van der Waals surface area contributed by atoms with Gasteiger partial charge < -0.3 is 20.4 Å². The van der Waals surface area contributed by atoms with Crippen molar-refractivity contribution in [2.45, 2.75) is 59.5 Å². The molecule has 1 aliphatic heterocycles. The quantitative estimate of drug-likeness (QED) is 0.164. The first-order chi connectivity index (χ1) is 12.8. The Hall–Kier alpha value is -1.85. The molecule has 3 N–H and O–H groups in total. The highest BCUT2D eigenvalue weighted by Gasteiger charge is 2.45. The summed E-state index contributed by atoms with van der Waals surface area (Å²) in [5.74, 6) is 1.85. The zero-order valence-electron chi connectivity index (χ0n) is 17.2. The molecule has 2 rings (SSSR count). The number of carbonyl (C=O) groups excluding carboxylic acids is 2. The van der Waals surface area contributed by atoms with Gasteiger partial charge >= 0.3 is 6.03 Å². The fourth-order valence-electron chi connectivity index (χ4n) is 2.73. The lowest BCUT2D eigenvalue weighted by Crippen LogP contribution is -2.43. The Morgan fingerprint density at radius 2 is 2.00 bits per heavy atom. The van der Waals surface area contributed by atoms with Gasteiger partial charge in [-0.3, -0.25) is 9.69 Å². The fourth-order valence-corrected chi connectivity index (χ4v) is 2.73. The Labute approximate surface area is 183 Å². The Morgan fingerprint density at radius 1 is 1.29 bits per heavy atom. The van der Waals surface area contributed by atoms with E-state index in [9.17, 15) is 9.59 Å². The number of aliphatic imine (C=N–C) groups is 1. The van der Waals surface area contributed by atoms with Gasteiger partial charge in [0.25, 0.3) is 5.91 Å². The van der Waals surface area contributed by atoms with Gasteiger partial charge in [-0.15, -0.1) is 24.0 Å². The van der Waals surface area contributed by atoms with Gasteiger partial charge in [0.05, 0.1) is 5.69 Å². The maximum absolute atomic E-state index is 12.4. The Kier molecular flexibility index (Phi) is 9.18. The van der Waals surface area contributed by atoms with E-state index in [4.69, 9.17) is 4.42 Å². The van der Waals surface area contributed by atoms with Crippen LogP contribution < -0.4 is 16.0 Å². The minimum absolute atomic E-state index is 0. The maximum Gasteiger partial charge on any atom is 0.325 e. The molecular weight excluding hydrogens is 475 g/mol. The van der Waals surface area contributed by atoms with E-state index in [0.29, 0.717) is 44.3 Å². The molecule has 28 heavy (non-hydrogen) atoms. The summed E-state index contributed by atoms with van der Waals surface area (Å²) in [5.41, 5.74) is 0.0820. The number of carbonyl (C=O) groups is 2. The molecule has 0 aromatic carbocycles. The van der Waals surface area contributed by atoms with Crippen LogP contribution in [-0.4, -0.2) is 53.0 Å². The molecular formula is C18H31IN6O3. The maximum atomic E-state index is 12.4. The zero-order valence-corrected chi connectivity index (χ0v) is 19.5. The number of hydrogen-bond donors (Lipinski definition) is 3. The number of nitrogens with zero attached hydrogens (tertiary/aromatic N) is 3. The molecule has 10 heteroatoms. The molecule has 0 saturated carbocycles. The molecule has 1 fully saturated rings. The van der Waals surface area contributed by atoms with Crippen molar-refractivity contribution in [1.82, 2.24) is 25.8 Å². The van der Waals surface area contributed by atoms with E-state index in [2.05, 4.69) is 25.9 Å². The third-order valence-corrected chi connectivity index (χ3v) is 4.69. The molecule has 2 heterocycles. The predicted octanol–water partition coefficient (Wildman–Crippen LogP) is 2.08. The molecule has 1 atom stereocenters. The van der Waals surface area contributed by atoms with Gasteiger partial charge in [-0.25, -0.2) is 14.8 Å². The van der Waals surface area contributed by atoms with Crippen molar-refractivity contribution in [2.24, 2.45) is 4.99 Å². The second-order valence-electron chi connectivity index (χ2n) is 6.80. The molecule has 1 aliphatic rings. The van der Waals surface area contributed by atoms with Crippen molar-refractivity contribution in [3.05, 3.63) is 17.3 Å². The third kappa shape index (κ3) is 5.82. The summed E-state index contributed by atoms with van der Waals surface area (Å²) in [4.78, 5) is 34.4. The molecule has 1 aromatic rings. The van der Waals surface area contributed by atoms with Crippen molar-refractivity contribution in [3.63, 3.8) is 0 Å². The van der Waals surface area contributed by atoms with Crippen LogP contribution in [0.25, 0.3) is 0 Å². The number of rotatable bonds is 8. The lowest BCUT2D eigenvalue weighted by Gasteiger charge is -2.19. The first kappa shape index (κ1) is 24.2. The fraction of sp³-hybridized carbons (Fsp3) is 0.667. The number of aromatic nitrogens is 1. The van der Waals surface area contributed by atoms with E-state index >= 15 is 0 Å². The SMILES string of the molecule is CCNC(=NCc1nc(C)c(C)o1)NCCCN1C(=O)NC(C)(CC)C1=O.I. The van der Waals surface area contributed by atoms with Crippen LogP contribution in [-0.2, 0) is 11.3 Å². The topological polar surface area (TPSA) is 112 Å². The van der Waals surface area contributed by atoms with Crippen molar-refractivity contribution < 1.29 is 14.0 Å². The monoisotopic (exact) mass is 506 g/mol. The number of halogens is 1. The molecule has 1 saturated heterocycles. The normalized spacial score (nSPS) is 19.5. The minimum atomic E-state index is -0.785. The summed E-state index contributed by atoms with van der Waals surface area (Å²) in [7, 11) is 0. The highest BCUT2D eigenvalue weighted by molar-refractivity contribution is 14.0. The van der Waals surface area contributed by atoms with Crippen molar-refractivity contribution in [2.75, 3.05) is 19.6 Å². The minimum Gasteiger partial charge on any atom is -0.444 e. The smallest absolute Gasteiger partial charge is 0.325 e. The third-order valence-electron chi connectivity index (χ3n) is 4.69. The molecule has 0 spiro atoms. The number of hydrogen-bond acceptors (Lipinski definition) is 5. The number of urea groups is 1. The van der Waals surface area contributed by atoms with Crippen LogP contribution in [0, 0.1) is 13.8 Å². The molecule has 0 radical (unpaired) electrons. The largest absolute Gasteiger partial charge is 0.444 e. The van der Waals surface area contributed by atoms with Crippen LogP contribution in [0.4, 0.5) is 4.79 Å². The summed E-state index contributed by atoms with van der Waals surface area (Å²) >= 11 is 0. The van der Waals surface area contributed by atoms with E-state index in [1.54, 1.807) is 6.92 Å². The molecule has 0 aliphatic carbocycles. The van der Waals surface area contributed by atoms with Gasteiger partial charge in [0.15, 0.2) is 5.96 Å². The van der Waals surface area contributed by atoms with E-state index in [-0.39, 0.29) is 35.9 Å². The summed E-state index contributed by atoms with van der Waals surface area (Å²) in [5, 5.41) is 9.11. The predicted molar refractivity (Wildman–Crippen MR) is 118 cm³/mol. The first-order valence-corrected chi connectivity index (χ1v) is 9.40. The number of amides is 3. The Bertz CT molecular complexity index is 701. The van der Waals surface area contributed by atoms with Gasteiger partial charge in [-0.2, -0.15) is 0 Å². The van der Waals surface area contributed by atoms with Crippen molar-refractivity contribution in [3.8, 4) is 0 Å². The van der Waals surface area contributed by atoms with Gasteiger partial charge in [-0.05, 0) is 40.5 Å². The average molecular weight is 506 g/mol. The van der Waals surface area contributed by atoms with Crippen molar-refractivity contribution in [1.29, 1.82) is 0 Å². The Balaban J connectivity index is 0.00000392. The van der Waals surface area contributed by atoms with Crippen LogP contribution in [0.15, 0.2) is 9.41 Å². The van der Waals surface area contributed by atoms with E-state index in [1.165, 1.54) is 4.90 Å². The summed E-state index contributed by atoms with van der Waals surface area (Å²) in [6.07, 6.45) is 1.20. The summed E-state index contributed by atoms with van der Waals surface area (Å²) < 4.78 is 5.53. The molecule has 0 bridgehead atoms. The lowest BCUT2D eigenvalue weighted by molar-refractivity contribution is -0.130. The number of oxazole rings is 1. The van der Waals surface area contributed by atoms with Crippen LogP contribution >= 0.6 is 24.0 Å². The number of nitrogens with one attached hydrogen (secondary N) is 3. The van der Waals surface area contributed by atoms with E-state index < -0.39 is 5.54 Å².